The fourth-order valence-corrected chi connectivity index (χ4v) is 2.32. The Morgan fingerprint density at radius 1 is 1.11 bits per heavy atom. The molecule has 1 atom stereocenters. The zero-order chi connectivity index (χ0) is 13.1. The van der Waals surface area contributed by atoms with Crippen LogP contribution in [0, 0.1) is 13.8 Å². The Morgan fingerprint density at radius 3 is 2.56 bits per heavy atom. The molecule has 1 unspecified atom stereocenters. The molecule has 2 nitrogen and oxygen atoms in total. The van der Waals surface area contributed by atoms with Crippen molar-refractivity contribution in [3.63, 3.8) is 0 Å². The number of rotatable bonds is 3. The molecule has 18 heavy (non-hydrogen) atoms. The average Bonchev–Trinajstić information content (AvgIpc) is 2.35. The second-order valence-electron chi connectivity index (χ2n) is 4.51. The minimum atomic E-state index is -0.0383. The standard InChI is InChI=1S/C15H17ClN2/c1-10-6-7-11(2)14(8-10)15(18-17)12-4-3-5-13(16)9-12/h3-9,15,18H,17H2,1-2H3. The Balaban J connectivity index is 2.48. The van der Waals surface area contributed by atoms with E-state index in [1.807, 2.05) is 24.3 Å². The maximum absolute atomic E-state index is 6.04. The first-order valence-electron chi connectivity index (χ1n) is 5.90. The lowest BCUT2D eigenvalue weighted by molar-refractivity contribution is 0.633. The van der Waals surface area contributed by atoms with Gasteiger partial charge >= 0.3 is 0 Å². The summed E-state index contributed by atoms with van der Waals surface area (Å²) >= 11 is 6.04. The molecule has 0 heterocycles. The van der Waals surface area contributed by atoms with Crippen molar-refractivity contribution in [3.8, 4) is 0 Å². The highest BCUT2D eigenvalue weighted by Crippen LogP contribution is 2.26. The van der Waals surface area contributed by atoms with Gasteiger partial charge in [0.05, 0.1) is 6.04 Å². The van der Waals surface area contributed by atoms with Crippen molar-refractivity contribution in [1.29, 1.82) is 0 Å². The SMILES string of the molecule is Cc1ccc(C)c(C(NN)c2cccc(Cl)c2)c1. The zero-order valence-electron chi connectivity index (χ0n) is 10.6. The van der Waals surface area contributed by atoms with Crippen LogP contribution in [0.2, 0.25) is 5.02 Å². The smallest absolute Gasteiger partial charge is 0.0713 e. The van der Waals surface area contributed by atoms with E-state index in [1.165, 1.54) is 16.7 Å². The maximum atomic E-state index is 6.04. The van der Waals surface area contributed by atoms with Gasteiger partial charge in [-0.15, -0.1) is 0 Å². The van der Waals surface area contributed by atoms with Gasteiger partial charge in [0.15, 0.2) is 0 Å². The molecule has 0 aliphatic rings. The average molecular weight is 261 g/mol. The van der Waals surface area contributed by atoms with Gasteiger partial charge in [-0.2, -0.15) is 0 Å². The predicted molar refractivity (Wildman–Crippen MR) is 76.5 cm³/mol. The Hall–Kier alpha value is -1.35. The summed E-state index contributed by atoms with van der Waals surface area (Å²) < 4.78 is 0. The Kier molecular flexibility index (Phi) is 4.02. The van der Waals surface area contributed by atoms with E-state index in [2.05, 4.69) is 37.5 Å². The second kappa shape index (κ2) is 5.53. The van der Waals surface area contributed by atoms with Gasteiger partial charge in [0, 0.05) is 5.02 Å². The highest BCUT2D eigenvalue weighted by Gasteiger charge is 2.14. The second-order valence-corrected chi connectivity index (χ2v) is 4.95. The molecule has 0 aliphatic carbocycles. The number of nitrogens with two attached hydrogens (primary N) is 1. The fourth-order valence-electron chi connectivity index (χ4n) is 2.12. The van der Waals surface area contributed by atoms with Crippen molar-refractivity contribution >= 4 is 11.6 Å². The topological polar surface area (TPSA) is 38.0 Å². The highest BCUT2D eigenvalue weighted by atomic mass is 35.5. The third-order valence-corrected chi connectivity index (χ3v) is 3.33. The van der Waals surface area contributed by atoms with E-state index in [0.717, 1.165) is 10.6 Å². The van der Waals surface area contributed by atoms with Crippen LogP contribution in [-0.4, -0.2) is 0 Å². The van der Waals surface area contributed by atoms with E-state index in [4.69, 9.17) is 17.4 Å². The number of hydrogen-bond acceptors (Lipinski definition) is 2. The van der Waals surface area contributed by atoms with Gasteiger partial charge < -0.3 is 0 Å². The first kappa shape index (κ1) is 13.1. The Labute approximate surface area is 113 Å². The van der Waals surface area contributed by atoms with Gasteiger partial charge in [0.25, 0.3) is 0 Å². The van der Waals surface area contributed by atoms with Crippen molar-refractivity contribution in [1.82, 2.24) is 5.43 Å². The summed E-state index contributed by atoms with van der Waals surface area (Å²) in [6, 6.07) is 14.1. The van der Waals surface area contributed by atoms with E-state index in [-0.39, 0.29) is 6.04 Å². The lowest BCUT2D eigenvalue weighted by Gasteiger charge is -2.20. The van der Waals surface area contributed by atoms with Gasteiger partial charge in [-0.1, -0.05) is 47.5 Å². The van der Waals surface area contributed by atoms with Crippen LogP contribution in [0.1, 0.15) is 28.3 Å². The monoisotopic (exact) mass is 260 g/mol. The summed E-state index contributed by atoms with van der Waals surface area (Å²) in [6.07, 6.45) is 0. The molecule has 2 rings (SSSR count). The summed E-state index contributed by atoms with van der Waals surface area (Å²) in [6.45, 7) is 4.16. The number of nitrogens with one attached hydrogen (secondary N) is 1. The van der Waals surface area contributed by atoms with Crippen LogP contribution < -0.4 is 11.3 Å². The van der Waals surface area contributed by atoms with E-state index in [9.17, 15) is 0 Å². The lowest BCUT2D eigenvalue weighted by atomic mass is 9.94. The van der Waals surface area contributed by atoms with Gasteiger partial charge in [0.2, 0.25) is 0 Å². The predicted octanol–water partition coefficient (Wildman–Crippen LogP) is 3.51. The van der Waals surface area contributed by atoms with Crippen molar-refractivity contribution in [2.75, 3.05) is 0 Å². The molecule has 0 saturated heterocycles. The van der Waals surface area contributed by atoms with Crippen LogP contribution in [-0.2, 0) is 0 Å². The third kappa shape index (κ3) is 2.72. The molecule has 0 bridgehead atoms. The number of hydrazine groups is 1. The summed E-state index contributed by atoms with van der Waals surface area (Å²) in [4.78, 5) is 0. The molecule has 3 heteroatoms. The van der Waals surface area contributed by atoms with Crippen molar-refractivity contribution < 1.29 is 0 Å². The van der Waals surface area contributed by atoms with Crippen LogP contribution >= 0.6 is 11.6 Å². The van der Waals surface area contributed by atoms with Gasteiger partial charge in [0.1, 0.15) is 0 Å². The van der Waals surface area contributed by atoms with Gasteiger partial charge in [-0.05, 0) is 42.7 Å². The lowest BCUT2D eigenvalue weighted by Crippen LogP contribution is -2.29. The fraction of sp³-hybridized carbons (Fsp3) is 0.200. The zero-order valence-corrected chi connectivity index (χ0v) is 11.3. The van der Waals surface area contributed by atoms with E-state index >= 15 is 0 Å². The largest absolute Gasteiger partial charge is 0.271 e. The molecule has 0 aliphatic heterocycles. The summed E-state index contributed by atoms with van der Waals surface area (Å²) in [5.41, 5.74) is 7.55. The van der Waals surface area contributed by atoms with Gasteiger partial charge in [-0.3, -0.25) is 5.84 Å². The molecule has 94 valence electrons. The van der Waals surface area contributed by atoms with E-state index in [0.29, 0.717) is 0 Å². The quantitative estimate of drug-likeness (QED) is 0.655. The number of aryl methyl sites for hydroxylation is 2. The normalized spacial score (nSPS) is 12.4. The van der Waals surface area contributed by atoms with E-state index in [1.54, 1.807) is 0 Å². The molecule has 0 spiro atoms. The number of halogens is 1. The Morgan fingerprint density at radius 2 is 1.89 bits per heavy atom. The minimum absolute atomic E-state index is 0.0383. The summed E-state index contributed by atoms with van der Waals surface area (Å²) in [7, 11) is 0. The number of benzene rings is 2. The van der Waals surface area contributed by atoms with Crippen molar-refractivity contribution in [2.45, 2.75) is 19.9 Å². The maximum Gasteiger partial charge on any atom is 0.0713 e. The molecule has 0 radical (unpaired) electrons. The Bertz CT molecular complexity index is 552. The van der Waals surface area contributed by atoms with Crippen LogP contribution in [0.4, 0.5) is 0 Å². The van der Waals surface area contributed by atoms with E-state index < -0.39 is 0 Å². The van der Waals surface area contributed by atoms with Crippen molar-refractivity contribution in [2.24, 2.45) is 5.84 Å². The van der Waals surface area contributed by atoms with Crippen LogP contribution in [0.3, 0.4) is 0 Å². The van der Waals surface area contributed by atoms with Crippen LogP contribution in [0.5, 0.6) is 0 Å². The number of hydrogen-bond donors (Lipinski definition) is 2. The summed E-state index contributed by atoms with van der Waals surface area (Å²) in [5, 5.41) is 0.720. The molecular formula is C15H17ClN2. The first-order chi connectivity index (χ1) is 8.61. The third-order valence-electron chi connectivity index (χ3n) is 3.09. The molecule has 2 aromatic rings. The van der Waals surface area contributed by atoms with Crippen LogP contribution in [0.25, 0.3) is 0 Å². The van der Waals surface area contributed by atoms with Gasteiger partial charge in [-0.25, -0.2) is 5.43 Å². The van der Waals surface area contributed by atoms with Crippen molar-refractivity contribution in [3.05, 3.63) is 69.7 Å². The molecule has 0 amide bonds. The molecule has 0 saturated carbocycles. The van der Waals surface area contributed by atoms with Crippen LogP contribution in [0.15, 0.2) is 42.5 Å². The summed E-state index contributed by atoms with van der Waals surface area (Å²) in [5.74, 6) is 5.71. The minimum Gasteiger partial charge on any atom is -0.271 e. The first-order valence-corrected chi connectivity index (χ1v) is 6.28. The molecule has 0 fully saturated rings. The molecule has 0 aromatic heterocycles. The highest BCUT2D eigenvalue weighted by molar-refractivity contribution is 6.30. The molecule has 2 aromatic carbocycles. The molecule has 3 N–H and O–H groups in total. The molecular weight excluding hydrogens is 244 g/mol.